The summed E-state index contributed by atoms with van der Waals surface area (Å²) < 4.78 is 3.89. The Bertz CT molecular complexity index is 1100. The highest BCUT2D eigenvalue weighted by Gasteiger charge is 2.12. The number of fused-ring (bicyclic) bond motifs is 1. The lowest BCUT2D eigenvalue weighted by molar-refractivity contribution is 0.663. The number of aromatic nitrogens is 5. The molecule has 0 aliphatic heterocycles. The van der Waals surface area contributed by atoms with E-state index in [2.05, 4.69) is 55.9 Å². The summed E-state index contributed by atoms with van der Waals surface area (Å²) in [5.41, 5.74) is 3.35. The van der Waals surface area contributed by atoms with Crippen molar-refractivity contribution in [2.45, 2.75) is 18.2 Å². The maximum atomic E-state index is 6.38. The number of halogens is 2. The van der Waals surface area contributed by atoms with Gasteiger partial charge in [-0.15, -0.1) is 5.10 Å². The molecular weight excluding hydrogens is 427 g/mol. The van der Waals surface area contributed by atoms with Gasteiger partial charge in [0, 0.05) is 58.6 Å². The molecule has 9 heteroatoms. The van der Waals surface area contributed by atoms with E-state index in [-0.39, 0.29) is 0 Å². The molecule has 1 N–H and O–H groups in total. The number of nitrogens with zero attached hydrogens (tertiary/aromatic N) is 5. The number of tetrazole rings is 1. The lowest BCUT2D eigenvalue weighted by atomic mass is 10.2. The number of hydrogen-bond acceptors (Lipinski definition) is 5. The molecule has 4 rings (SSSR count). The molecule has 0 aliphatic rings. The van der Waals surface area contributed by atoms with Gasteiger partial charge >= 0.3 is 0 Å². The molecule has 2 heterocycles. The van der Waals surface area contributed by atoms with Crippen LogP contribution >= 0.6 is 35.0 Å². The Morgan fingerprint density at radius 2 is 1.86 bits per heavy atom. The van der Waals surface area contributed by atoms with E-state index in [1.54, 1.807) is 16.4 Å². The minimum Gasteiger partial charge on any atom is -0.343 e. The molecule has 0 atom stereocenters. The van der Waals surface area contributed by atoms with E-state index in [0.29, 0.717) is 16.6 Å². The van der Waals surface area contributed by atoms with Gasteiger partial charge in [0.15, 0.2) is 0 Å². The molecule has 4 aromatic rings. The number of thioether (sulfide) groups is 1. The summed E-state index contributed by atoms with van der Waals surface area (Å²) in [6.07, 6.45) is 2.18. The lowest BCUT2D eigenvalue weighted by Gasteiger charge is -2.09. The molecule has 2 aromatic carbocycles. The van der Waals surface area contributed by atoms with Crippen LogP contribution in [0, 0.1) is 0 Å². The number of aryl methyl sites for hydroxylation is 1. The van der Waals surface area contributed by atoms with Gasteiger partial charge in [-0.05, 0) is 34.2 Å². The molecular formula is C20H20Cl2N6S. The minimum atomic E-state index is 0.633. The first-order valence-corrected chi connectivity index (χ1v) is 10.9. The summed E-state index contributed by atoms with van der Waals surface area (Å²) >= 11 is 14.4. The fraction of sp³-hybridized carbons (Fsp3) is 0.250. The molecule has 0 unspecified atom stereocenters. The van der Waals surface area contributed by atoms with Crippen LogP contribution in [0.5, 0.6) is 0 Å². The van der Waals surface area contributed by atoms with Crippen LogP contribution in [0.15, 0.2) is 53.8 Å². The number of hydrogen-bond donors (Lipinski definition) is 1. The summed E-state index contributed by atoms with van der Waals surface area (Å²) in [6, 6.07) is 14.0. The van der Waals surface area contributed by atoms with Crippen LogP contribution < -0.4 is 5.32 Å². The largest absolute Gasteiger partial charge is 0.343 e. The van der Waals surface area contributed by atoms with Crippen LogP contribution in [0.3, 0.4) is 0 Å². The Kier molecular flexibility index (Phi) is 6.40. The van der Waals surface area contributed by atoms with E-state index in [0.717, 1.165) is 29.6 Å². The van der Waals surface area contributed by atoms with Crippen molar-refractivity contribution in [1.82, 2.24) is 30.1 Å². The molecule has 0 bridgehead atoms. The average Bonchev–Trinajstić information content (AvgIpc) is 3.28. The molecule has 6 nitrogen and oxygen atoms in total. The van der Waals surface area contributed by atoms with E-state index in [1.165, 1.54) is 16.5 Å². The van der Waals surface area contributed by atoms with E-state index in [1.807, 2.05) is 25.2 Å². The van der Waals surface area contributed by atoms with Gasteiger partial charge < -0.3 is 9.88 Å². The lowest BCUT2D eigenvalue weighted by Crippen LogP contribution is -2.16. The van der Waals surface area contributed by atoms with E-state index >= 15 is 0 Å². The van der Waals surface area contributed by atoms with Crippen LogP contribution in [-0.2, 0) is 20.1 Å². The van der Waals surface area contributed by atoms with Gasteiger partial charge in [-0.3, -0.25) is 0 Å². The molecule has 0 amide bonds. The number of benzene rings is 2. The average molecular weight is 447 g/mol. The molecule has 29 heavy (non-hydrogen) atoms. The van der Waals surface area contributed by atoms with Crippen molar-refractivity contribution < 1.29 is 0 Å². The zero-order valence-electron chi connectivity index (χ0n) is 15.8. The van der Waals surface area contributed by atoms with E-state index < -0.39 is 0 Å². The first-order valence-electron chi connectivity index (χ1n) is 9.19. The van der Waals surface area contributed by atoms with E-state index in [9.17, 15) is 0 Å². The number of nitrogens with one attached hydrogen (secondary N) is 1. The Hall–Kier alpha value is -2.06. The van der Waals surface area contributed by atoms with Gasteiger partial charge in [-0.25, -0.2) is 4.68 Å². The van der Waals surface area contributed by atoms with Crippen LogP contribution in [-0.4, -0.2) is 37.1 Å². The van der Waals surface area contributed by atoms with Gasteiger partial charge in [-0.1, -0.05) is 59.2 Å². The third-order valence-electron chi connectivity index (χ3n) is 4.67. The fourth-order valence-corrected chi connectivity index (χ4v) is 4.49. The monoisotopic (exact) mass is 446 g/mol. The normalized spacial score (nSPS) is 11.4. The summed E-state index contributed by atoms with van der Waals surface area (Å²) in [5.74, 6) is 0.891. The second kappa shape index (κ2) is 9.17. The van der Waals surface area contributed by atoms with Gasteiger partial charge in [0.1, 0.15) is 0 Å². The molecule has 0 fully saturated rings. The van der Waals surface area contributed by atoms with Crippen LogP contribution in [0.1, 0.15) is 11.1 Å². The van der Waals surface area contributed by atoms with Crippen LogP contribution in [0.4, 0.5) is 0 Å². The minimum absolute atomic E-state index is 0.633. The van der Waals surface area contributed by atoms with Crippen LogP contribution in [0.2, 0.25) is 10.0 Å². The van der Waals surface area contributed by atoms with Crippen molar-refractivity contribution in [3.8, 4) is 0 Å². The van der Waals surface area contributed by atoms with Crippen LogP contribution in [0.25, 0.3) is 10.9 Å². The predicted octanol–water partition coefficient (Wildman–Crippen LogP) is 4.40. The summed E-state index contributed by atoms with van der Waals surface area (Å²) in [6.45, 7) is 2.27. The third-order valence-corrected chi connectivity index (χ3v) is 6.39. The first kappa shape index (κ1) is 20.2. The Balaban J connectivity index is 1.45. The predicted molar refractivity (Wildman–Crippen MR) is 119 cm³/mol. The zero-order chi connectivity index (χ0) is 20.2. The Morgan fingerprint density at radius 3 is 2.62 bits per heavy atom. The summed E-state index contributed by atoms with van der Waals surface area (Å²) in [7, 11) is 1.84. The second-order valence-electron chi connectivity index (χ2n) is 6.61. The Morgan fingerprint density at radius 1 is 1.07 bits per heavy atom. The number of para-hydroxylation sites is 1. The van der Waals surface area contributed by atoms with Crippen molar-refractivity contribution in [2.24, 2.45) is 7.05 Å². The molecule has 0 saturated heterocycles. The van der Waals surface area contributed by atoms with Crippen molar-refractivity contribution in [3.63, 3.8) is 0 Å². The maximum absolute atomic E-state index is 6.38. The highest BCUT2D eigenvalue weighted by atomic mass is 35.5. The Labute approximate surface area is 183 Å². The molecule has 0 radical (unpaired) electrons. The smallest absolute Gasteiger partial charge is 0.209 e. The highest BCUT2D eigenvalue weighted by molar-refractivity contribution is 7.99. The standard InChI is InChI=1S/C20H20Cl2N6S/c1-27-20(24-25-26-27)29-10-9-23-11-14-12-28(19-8-3-2-5-15(14)19)13-16-17(21)6-4-7-18(16)22/h2-8,12,23H,9-11,13H2,1H3. The summed E-state index contributed by atoms with van der Waals surface area (Å²) in [5, 5.41) is 18.4. The first-order chi connectivity index (χ1) is 14.1. The van der Waals surface area contributed by atoms with Gasteiger partial charge in [-0.2, -0.15) is 0 Å². The van der Waals surface area contributed by atoms with Gasteiger partial charge in [0.05, 0.1) is 6.54 Å². The zero-order valence-corrected chi connectivity index (χ0v) is 18.2. The topological polar surface area (TPSA) is 60.6 Å². The molecule has 2 aromatic heterocycles. The SMILES string of the molecule is Cn1nnnc1SCCNCc1cn(Cc2c(Cl)cccc2Cl)c2ccccc12. The molecule has 0 saturated carbocycles. The quantitative estimate of drug-likeness (QED) is 0.321. The van der Waals surface area contributed by atoms with E-state index in [4.69, 9.17) is 23.2 Å². The van der Waals surface area contributed by atoms with Crippen molar-refractivity contribution in [1.29, 1.82) is 0 Å². The van der Waals surface area contributed by atoms with Crippen molar-refractivity contribution in [2.75, 3.05) is 12.3 Å². The summed E-state index contributed by atoms with van der Waals surface area (Å²) in [4.78, 5) is 0. The van der Waals surface area contributed by atoms with Gasteiger partial charge in [0.2, 0.25) is 5.16 Å². The number of rotatable bonds is 8. The van der Waals surface area contributed by atoms with Gasteiger partial charge in [0.25, 0.3) is 0 Å². The molecule has 0 spiro atoms. The van der Waals surface area contributed by atoms with Crippen molar-refractivity contribution >= 4 is 45.9 Å². The maximum Gasteiger partial charge on any atom is 0.209 e. The molecule has 0 aliphatic carbocycles. The second-order valence-corrected chi connectivity index (χ2v) is 8.49. The highest BCUT2D eigenvalue weighted by Crippen LogP contribution is 2.28. The molecule has 150 valence electrons. The third kappa shape index (κ3) is 4.59. The fourth-order valence-electron chi connectivity index (χ4n) is 3.23. The van der Waals surface area contributed by atoms with Crippen molar-refractivity contribution in [3.05, 3.63) is 69.8 Å².